The second kappa shape index (κ2) is 47.1. The van der Waals surface area contributed by atoms with Crippen LogP contribution in [0.2, 0.25) is 118 Å². The van der Waals surface area contributed by atoms with Gasteiger partial charge in [0.2, 0.25) is 0 Å². The van der Waals surface area contributed by atoms with E-state index in [4.69, 9.17) is 20.1 Å². The van der Waals surface area contributed by atoms with E-state index in [9.17, 15) is 24.6 Å². The van der Waals surface area contributed by atoms with Gasteiger partial charge in [0, 0.05) is 138 Å². The fourth-order valence-electron chi connectivity index (χ4n) is 12.7. The number of fused-ring (bicyclic) bond motifs is 3. The molecule has 0 bridgehead atoms. The number of benzene rings is 9. The number of aromatic nitrogens is 3. The van der Waals surface area contributed by atoms with E-state index < -0.39 is 53.9 Å². The van der Waals surface area contributed by atoms with Crippen molar-refractivity contribution in [3.05, 3.63) is 272 Å². The molecule has 3 heterocycles. The maximum Gasteiger partial charge on any atom is 0.164 e. The van der Waals surface area contributed by atoms with E-state index in [-0.39, 0.29) is 112 Å². The molecule has 0 aliphatic carbocycles. The number of allylic oxidation sites excluding steroid dienone is 6. The van der Waals surface area contributed by atoms with Gasteiger partial charge in [-0.25, -0.2) is 0 Å². The molecular formula is C108H138Ir3N3O6Si6-3. The second-order valence-electron chi connectivity index (χ2n) is 40.9. The number of hydrogen-bond donors (Lipinski definition) is 3. The number of aliphatic hydroxyl groups excluding tert-OH is 3. The van der Waals surface area contributed by atoms with E-state index >= 15 is 0 Å². The standard InChI is InChI=1S/3C27H30NSi2.C11H20O2.C9H16O2.C7H12O2.3Ir/c2*1-29(2,3)22-14-10-13-21(17-22)27-19-24(20-11-8-7-9-12-20)25-18-23(30(4,5)6)15-16-26(25)28-27;1-29(2,3)22-14-12-21(13-15-22)27-19-24(20-10-8-7-9-11-20)25-18-23(30(4,5)6)16-17-26(25)28-27;1-10(2,3)8(12)7-9(13)11(4,5)6;1-6(2)8(10)5-9(11)7(3)4;1-3-6(8)5-7(9)4-2;;;/h3*7-12,14-19H,1-6H3;7,12H,1-6H3;5-7,10H,1-4H3;5,8H,3-4H2,1-2H3;;;/q3*-1;;;;;;. The van der Waals surface area contributed by atoms with Crippen LogP contribution in [0.1, 0.15) is 95.9 Å². The molecule has 9 aromatic carbocycles. The summed E-state index contributed by atoms with van der Waals surface area (Å²) in [6.07, 6.45) is 4.92. The van der Waals surface area contributed by atoms with E-state index in [1.807, 2.05) is 69.2 Å². The fourth-order valence-corrected chi connectivity index (χ4v) is 19.6. The monoisotopic (exact) mass is 2320 g/mol. The fraction of sp³-hybridized carbons (Fsp3) is 0.333. The first-order chi connectivity index (χ1) is 57.1. The molecule has 3 aromatic heterocycles. The maximum absolute atomic E-state index is 11.5. The average molecular weight is 2320 g/mol. The van der Waals surface area contributed by atoms with Crippen molar-refractivity contribution in [1.82, 2.24) is 15.0 Å². The van der Waals surface area contributed by atoms with Crippen molar-refractivity contribution in [2.75, 3.05) is 0 Å². The molecule has 0 aliphatic heterocycles. The number of ketones is 3. The van der Waals surface area contributed by atoms with Crippen LogP contribution in [0.4, 0.5) is 0 Å². The van der Waals surface area contributed by atoms with E-state index in [2.05, 4.69) is 354 Å². The Bertz CT molecular complexity index is 5530. The van der Waals surface area contributed by atoms with Crippen LogP contribution in [-0.2, 0) is 74.7 Å². The van der Waals surface area contributed by atoms with Gasteiger partial charge in [-0.15, -0.1) is 105 Å². The third kappa shape index (κ3) is 32.6. The summed E-state index contributed by atoms with van der Waals surface area (Å²) in [5.41, 5.74) is 16.1. The Hall–Kier alpha value is -7.91. The molecule has 9 nitrogen and oxygen atoms in total. The van der Waals surface area contributed by atoms with Crippen molar-refractivity contribution in [3.63, 3.8) is 0 Å². The molecule has 18 heteroatoms. The first kappa shape index (κ1) is 110. The van der Waals surface area contributed by atoms with Crippen molar-refractivity contribution in [2.45, 2.75) is 214 Å². The number of rotatable bonds is 19. The number of aliphatic hydroxyl groups is 3. The summed E-state index contributed by atoms with van der Waals surface area (Å²) in [4.78, 5) is 48.2. The number of carbonyl (C=O) groups excluding carboxylic acids is 3. The topological polar surface area (TPSA) is 151 Å². The Labute approximate surface area is 803 Å². The van der Waals surface area contributed by atoms with Crippen molar-refractivity contribution in [2.24, 2.45) is 22.7 Å². The molecule has 0 fully saturated rings. The predicted molar refractivity (Wildman–Crippen MR) is 549 cm³/mol. The SMILES string of the molecule is CC(C)(C)C(=O)C=C(O)C(C)(C)C.CC(C)C(=O)C=C(O)C(C)C.CCC(=O)C=C(O)CC.C[Si](C)(C)c1c[c-]c(-c2cc(-c3ccccc3)c3cc([Si](C)(C)C)ccc3n2)cc1.C[Si](C)(C)c1cc[c-]c(-c2cc(-c3ccccc3)c3cc([Si](C)(C)C)ccc3n2)c1.C[Si](C)(C)c1cc[c-]c(-c2cc(-c3ccccc3)c3cc([Si](C)(C)C)ccc3n2)c1.[Ir].[Ir].[Ir]. The molecular weight excluding hydrogens is 2180 g/mol. The first-order valence-corrected chi connectivity index (χ1v) is 64.5. The molecule has 0 spiro atoms. The van der Waals surface area contributed by atoms with E-state index in [0.29, 0.717) is 12.8 Å². The normalized spacial score (nSPS) is 12.2. The molecule has 0 saturated heterocycles. The summed E-state index contributed by atoms with van der Waals surface area (Å²) in [5.74, 6) is 0.414. The molecule has 12 aromatic rings. The van der Waals surface area contributed by atoms with Crippen LogP contribution in [0, 0.1) is 40.9 Å². The molecule has 3 radical (unpaired) electrons. The van der Waals surface area contributed by atoms with Gasteiger partial charge in [-0.2, -0.15) is 0 Å². The van der Waals surface area contributed by atoms with Crippen LogP contribution in [-0.4, -0.2) is 96.1 Å². The van der Waals surface area contributed by atoms with Gasteiger partial charge in [-0.1, -0.05) is 362 Å². The van der Waals surface area contributed by atoms with Crippen LogP contribution in [0.25, 0.3) is 99.9 Å². The number of carbonyl (C=O) groups is 3. The molecule has 0 unspecified atom stereocenters. The number of pyridine rings is 3. The van der Waals surface area contributed by atoms with Gasteiger partial charge < -0.3 is 15.3 Å². The minimum absolute atomic E-state index is 0. The summed E-state index contributed by atoms with van der Waals surface area (Å²) in [5, 5.41) is 40.0. The molecule has 0 aliphatic rings. The van der Waals surface area contributed by atoms with Gasteiger partial charge in [0.05, 0.1) is 68.4 Å². The van der Waals surface area contributed by atoms with E-state index in [1.54, 1.807) is 13.8 Å². The van der Waals surface area contributed by atoms with Gasteiger partial charge >= 0.3 is 0 Å². The van der Waals surface area contributed by atoms with Crippen LogP contribution in [0.15, 0.2) is 254 Å². The predicted octanol–water partition coefficient (Wildman–Crippen LogP) is 26.6. The molecule has 0 amide bonds. The zero-order valence-electron chi connectivity index (χ0n) is 80.5. The largest absolute Gasteiger partial charge is 0.512 e. The van der Waals surface area contributed by atoms with Crippen LogP contribution in [0.5, 0.6) is 0 Å². The molecule has 0 saturated carbocycles. The van der Waals surface area contributed by atoms with Gasteiger partial charge in [0.1, 0.15) is 5.76 Å². The number of hydrogen-bond acceptors (Lipinski definition) is 9. The summed E-state index contributed by atoms with van der Waals surface area (Å²) >= 11 is 0. The smallest absolute Gasteiger partial charge is 0.164 e. The molecule has 3 N–H and O–H groups in total. The zero-order chi connectivity index (χ0) is 91.7. The molecule has 0 atom stereocenters. The van der Waals surface area contributed by atoms with Crippen LogP contribution < -0.4 is 31.1 Å². The van der Waals surface area contributed by atoms with Gasteiger partial charge in [0.15, 0.2) is 17.3 Å². The van der Waals surface area contributed by atoms with Crippen LogP contribution in [0.3, 0.4) is 0 Å². The zero-order valence-corrected chi connectivity index (χ0v) is 93.7. The summed E-state index contributed by atoms with van der Waals surface area (Å²) < 4.78 is 0. The second-order valence-corrected chi connectivity index (χ2v) is 71.4. The van der Waals surface area contributed by atoms with Crippen molar-refractivity contribution in [3.8, 4) is 67.2 Å². The minimum Gasteiger partial charge on any atom is -0.512 e. The first-order valence-electron chi connectivity index (χ1n) is 43.5. The van der Waals surface area contributed by atoms with E-state index in [1.165, 1.54) is 98.9 Å². The molecule has 675 valence electrons. The molecule has 126 heavy (non-hydrogen) atoms. The number of nitrogens with zero attached hydrogens (tertiary/aromatic N) is 3. The minimum atomic E-state index is -1.41. The Balaban J connectivity index is 0.000000334. The van der Waals surface area contributed by atoms with E-state index in [0.717, 1.165) is 50.3 Å². The van der Waals surface area contributed by atoms with Gasteiger partial charge in [0.25, 0.3) is 0 Å². The van der Waals surface area contributed by atoms with Gasteiger partial charge in [-0.3, -0.25) is 29.3 Å². The Morgan fingerprint density at radius 3 is 0.944 bits per heavy atom. The maximum atomic E-state index is 11.5. The Kier molecular flexibility index (Phi) is 41.3. The van der Waals surface area contributed by atoms with Gasteiger partial charge in [-0.05, 0) is 68.7 Å². The summed E-state index contributed by atoms with van der Waals surface area (Å²) in [7, 11) is -8.36. The summed E-state index contributed by atoms with van der Waals surface area (Å²) in [6.45, 7) is 65.0. The average Bonchev–Trinajstić information content (AvgIpc) is 0.775. The third-order valence-corrected chi connectivity index (χ3v) is 33.6. The van der Waals surface area contributed by atoms with Crippen molar-refractivity contribution in [1.29, 1.82) is 0 Å². The molecule has 12 rings (SSSR count). The quantitative estimate of drug-likeness (QED) is 0.0311. The van der Waals surface area contributed by atoms with Crippen molar-refractivity contribution < 1.29 is 90.0 Å². The Morgan fingerprint density at radius 2 is 0.675 bits per heavy atom. The summed E-state index contributed by atoms with van der Waals surface area (Å²) in [6, 6.07) is 89.6. The van der Waals surface area contributed by atoms with Crippen LogP contribution >= 0.6 is 0 Å². The van der Waals surface area contributed by atoms with Crippen molar-refractivity contribution >= 4 is 130 Å². The third-order valence-electron chi connectivity index (χ3n) is 21.4. The Morgan fingerprint density at radius 1 is 0.357 bits per heavy atom.